The van der Waals surface area contributed by atoms with Gasteiger partial charge in [0, 0.05) is 26.3 Å². The van der Waals surface area contributed by atoms with Gasteiger partial charge in [-0.25, -0.2) is 0 Å². The second-order valence-corrected chi connectivity index (χ2v) is 6.19. The molecule has 0 unspecified atom stereocenters. The SMILES string of the molecule is COCCC(C)(C)Cn1c(=S)[nH]c2ccc(OC)cc21. The van der Waals surface area contributed by atoms with E-state index in [2.05, 4.69) is 23.4 Å². The molecular formula is C15H22N2O2S. The van der Waals surface area contributed by atoms with E-state index in [0.29, 0.717) is 0 Å². The van der Waals surface area contributed by atoms with Crippen molar-refractivity contribution >= 4 is 23.3 Å². The minimum atomic E-state index is 0.117. The lowest BCUT2D eigenvalue weighted by atomic mass is 9.89. The number of methoxy groups -OCH3 is 2. The van der Waals surface area contributed by atoms with Gasteiger partial charge in [0.05, 0.1) is 18.1 Å². The number of H-pyrrole nitrogens is 1. The molecule has 0 aliphatic carbocycles. The highest BCUT2D eigenvalue weighted by Gasteiger charge is 2.20. The van der Waals surface area contributed by atoms with Crippen LogP contribution in [0.5, 0.6) is 5.75 Å². The van der Waals surface area contributed by atoms with E-state index in [-0.39, 0.29) is 5.41 Å². The van der Waals surface area contributed by atoms with Crippen molar-refractivity contribution < 1.29 is 9.47 Å². The Balaban J connectivity index is 2.38. The Hall–Kier alpha value is -1.33. The number of imidazole rings is 1. The quantitative estimate of drug-likeness (QED) is 0.824. The maximum Gasteiger partial charge on any atom is 0.178 e. The average Bonchev–Trinajstić information content (AvgIpc) is 2.72. The number of fused-ring (bicyclic) bond motifs is 1. The van der Waals surface area contributed by atoms with Crippen LogP contribution < -0.4 is 4.74 Å². The zero-order chi connectivity index (χ0) is 14.8. The van der Waals surface area contributed by atoms with E-state index < -0.39 is 0 Å². The van der Waals surface area contributed by atoms with E-state index in [0.717, 1.165) is 41.1 Å². The second kappa shape index (κ2) is 5.97. The third-order valence-electron chi connectivity index (χ3n) is 3.55. The number of nitrogens with zero attached hydrogens (tertiary/aromatic N) is 1. The molecule has 0 amide bonds. The van der Waals surface area contributed by atoms with Gasteiger partial charge in [0.25, 0.3) is 0 Å². The number of nitrogens with one attached hydrogen (secondary N) is 1. The van der Waals surface area contributed by atoms with Crippen molar-refractivity contribution in [3.8, 4) is 5.75 Å². The Kier molecular flexibility index (Phi) is 4.50. The van der Waals surface area contributed by atoms with Gasteiger partial charge in [-0.15, -0.1) is 0 Å². The van der Waals surface area contributed by atoms with Crippen LogP contribution in [0.2, 0.25) is 0 Å². The molecule has 5 heteroatoms. The molecule has 1 aromatic carbocycles. The van der Waals surface area contributed by atoms with E-state index in [1.54, 1.807) is 14.2 Å². The van der Waals surface area contributed by atoms with Gasteiger partial charge in [-0.2, -0.15) is 0 Å². The van der Waals surface area contributed by atoms with Crippen molar-refractivity contribution in [1.82, 2.24) is 9.55 Å². The Morgan fingerprint density at radius 2 is 2.05 bits per heavy atom. The molecule has 0 spiro atoms. The van der Waals surface area contributed by atoms with Gasteiger partial charge in [0.15, 0.2) is 4.77 Å². The van der Waals surface area contributed by atoms with E-state index >= 15 is 0 Å². The molecule has 1 aromatic heterocycles. The first kappa shape index (κ1) is 15.1. The van der Waals surface area contributed by atoms with E-state index in [9.17, 15) is 0 Å². The third kappa shape index (κ3) is 3.22. The molecule has 0 saturated heterocycles. The Morgan fingerprint density at radius 1 is 1.30 bits per heavy atom. The molecule has 0 aliphatic heterocycles. The van der Waals surface area contributed by atoms with Gasteiger partial charge in [-0.1, -0.05) is 13.8 Å². The smallest absolute Gasteiger partial charge is 0.178 e. The molecule has 2 rings (SSSR count). The normalized spacial score (nSPS) is 12.0. The van der Waals surface area contributed by atoms with Gasteiger partial charge in [0.1, 0.15) is 5.75 Å². The lowest BCUT2D eigenvalue weighted by molar-refractivity contribution is 0.143. The highest BCUT2D eigenvalue weighted by molar-refractivity contribution is 7.71. The van der Waals surface area contributed by atoms with Crippen LogP contribution in [0.1, 0.15) is 20.3 Å². The first-order chi connectivity index (χ1) is 9.46. The summed E-state index contributed by atoms with van der Waals surface area (Å²) in [5.41, 5.74) is 2.24. The maximum absolute atomic E-state index is 5.45. The summed E-state index contributed by atoms with van der Waals surface area (Å²) in [5.74, 6) is 0.843. The van der Waals surface area contributed by atoms with Gasteiger partial charge in [-0.05, 0) is 36.2 Å². The van der Waals surface area contributed by atoms with Crippen LogP contribution in [-0.4, -0.2) is 30.4 Å². The zero-order valence-electron chi connectivity index (χ0n) is 12.5. The van der Waals surface area contributed by atoms with Gasteiger partial charge >= 0.3 is 0 Å². The zero-order valence-corrected chi connectivity index (χ0v) is 13.3. The molecule has 20 heavy (non-hydrogen) atoms. The number of aromatic amines is 1. The number of benzene rings is 1. The highest BCUT2D eigenvalue weighted by Crippen LogP contribution is 2.27. The molecule has 0 bridgehead atoms. The maximum atomic E-state index is 5.45. The number of aromatic nitrogens is 2. The summed E-state index contributed by atoms with van der Waals surface area (Å²) >= 11 is 5.45. The minimum Gasteiger partial charge on any atom is -0.497 e. The van der Waals surface area contributed by atoms with Crippen molar-refractivity contribution in [2.24, 2.45) is 5.41 Å². The predicted molar refractivity (Wildman–Crippen MR) is 83.9 cm³/mol. The van der Waals surface area contributed by atoms with Crippen LogP contribution in [0.4, 0.5) is 0 Å². The summed E-state index contributed by atoms with van der Waals surface area (Å²) in [4.78, 5) is 3.25. The van der Waals surface area contributed by atoms with E-state index in [4.69, 9.17) is 21.7 Å². The summed E-state index contributed by atoms with van der Waals surface area (Å²) in [6, 6.07) is 5.96. The third-order valence-corrected chi connectivity index (χ3v) is 3.87. The average molecular weight is 294 g/mol. The van der Waals surface area contributed by atoms with Crippen LogP contribution in [0.15, 0.2) is 18.2 Å². The lowest BCUT2D eigenvalue weighted by Crippen LogP contribution is -2.21. The molecule has 0 atom stereocenters. The van der Waals surface area contributed by atoms with Crippen molar-refractivity contribution in [2.45, 2.75) is 26.8 Å². The van der Waals surface area contributed by atoms with Crippen molar-refractivity contribution in [3.05, 3.63) is 23.0 Å². The summed E-state index contributed by atoms with van der Waals surface area (Å²) in [5, 5.41) is 0. The van der Waals surface area contributed by atoms with Gasteiger partial charge in [-0.3, -0.25) is 0 Å². The minimum absolute atomic E-state index is 0.117. The van der Waals surface area contributed by atoms with Crippen molar-refractivity contribution in [2.75, 3.05) is 20.8 Å². The number of ether oxygens (including phenoxy) is 2. The fourth-order valence-corrected chi connectivity index (χ4v) is 2.57. The Labute approximate surface area is 124 Å². The number of hydrogen-bond acceptors (Lipinski definition) is 3. The summed E-state index contributed by atoms with van der Waals surface area (Å²) in [6.07, 6.45) is 0.988. The van der Waals surface area contributed by atoms with Crippen LogP contribution in [0.3, 0.4) is 0 Å². The molecule has 0 aliphatic rings. The molecule has 2 aromatic rings. The lowest BCUT2D eigenvalue weighted by Gasteiger charge is -2.25. The van der Waals surface area contributed by atoms with Gasteiger partial charge in [0.2, 0.25) is 0 Å². The Morgan fingerprint density at radius 3 is 2.70 bits per heavy atom. The summed E-state index contributed by atoms with van der Waals surface area (Å²) in [7, 11) is 3.41. The van der Waals surface area contributed by atoms with E-state index in [1.165, 1.54) is 0 Å². The first-order valence-electron chi connectivity index (χ1n) is 6.72. The fourth-order valence-electron chi connectivity index (χ4n) is 2.30. The molecular weight excluding hydrogens is 272 g/mol. The molecule has 1 heterocycles. The molecule has 0 saturated carbocycles. The summed E-state index contributed by atoms with van der Waals surface area (Å²) in [6.45, 7) is 6.06. The van der Waals surface area contributed by atoms with Crippen LogP contribution in [0, 0.1) is 10.2 Å². The van der Waals surface area contributed by atoms with Crippen molar-refractivity contribution in [1.29, 1.82) is 0 Å². The van der Waals surface area contributed by atoms with Gasteiger partial charge < -0.3 is 19.0 Å². The highest BCUT2D eigenvalue weighted by atomic mass is 32.1. The predicted octanol–water partition coefficient (Wildman–Crippen LogP) is 3.77. The first-order valence-corrected chi connectivity index (χ1v) is 7.13. The second-order valence-electron chi connectivity index (χ2n) is 5.81. The standard InChI is InChI=1S/C15H22N2O2S/c1-15(2,7-8-18-3)10-17-13-9-11(19-4)5-6-12(13)16-14(17)20/h5-6,9H,7-8,10H2,1-4H3,(H,16,20). The largest absolute Gasteiger partial charge is 0.497 e. The number of hydrogen-bond donors (Lipinski definition) is 1. The fraction of sp³-hybridized carbons (Fsp3) is 0.533. The number of rotatable bonds is 6. The van der Waals surface area contributed by atoms with Crippen LogP contribution >= 0.6 is 12.2 Å². The van der Waals surface area contributed by atoms with Crippen LogP contribution in [0.25, 0.3) is 11.0 Å². The van der Waals surface area contributed by atoms with Crippen molar-refractivity contribution in [3.63, 3.8) is 0 Å². The molecule has 4 nitrogen and oxygen atoms in total. The Bertz CT molecular complexity index is 643. The topological polar surface area (TPSA) is 39.2 Å². The van der Waals surface area contributed by atoms with E-state index in [1.807, 2.05) is 18.2 Å². The molecule has 0 fully saturated rings. The molecule has 1 N–H and O–H groups in total. The summed E-state index contributed by atoms with van der Waals surface area (Å²) < 4.78 is 13.4. The molecule has 110 valence electrons. The molecule has 0 radical (unpaired) electrons. The monoisotopic (exact) mass is 294 g/mol. The van der Waals surface area contributed by atoms with Crippen LogP contribution in [-0.2, 0) is 11.3 Å².